The number of amidine groups is 1. The van der Waals surface area contributed by atoms with Crippen molar-refractivity contribution in [1.29, 1.82) is 0 Å². The molecule has 2 aliphatic heterocycles. The van der Waals surface area contributed by atoms with E-state index in [1.807, 2.05) is 19.9 Å². The number of imidazole rings is 1. The van der Waals surface area contributed by atoms with Crippen LogP contribution in [0.25, 0.3) is 5.69 Å². The third kappa shape index (κ3) is 4.93. The van der Waals surface area contributed by atoms with E-state index in [1.54, 1.807) is 6.07 Å². The largest absolute Gasteiger partial charge is 0.493 e. The molecule has 0 bridgehead atoms. The molecular formula is C27H37N5O5S. The van der Waals surface area contributed by atoms with E-state index in [0.717, 1.165) is 48.2 Å². The summed E-state index contributed by atoms with van der Waals surface area (Å²) in [5, 5.41) is 13.1. The highest BCUT2D eigenvalue weighted by Crippen LogP contribution is 2.36. The SMILES string of the molecule is Cc1cc(-n2c(O)c[nH]c2=O)c(C)cc1CCS(=O)(=O)N1CCC2(CC1)N=C(C1CCC(C)CC1)NC2=O. The number of rotatable bonds is 6. The Morgan fingerprint density at radius 1 is 1.08 bits per heavy atom. The van der Waals surface area contributed by atoms with Gasteiger partial charge in [0.2, 0.25) is 15.9 Å². The first kappa shape index (κ1) is 26.7. The monoisotopic (exact) mass is 543 g/mol. The number of aromatic amines is 1. The van der Waals surface area contributed by atoms with Gasteiger partial charge in [0.05, 0.1) is 17.6 Å². The summed E-state index contributed by atoms with van der Waals surface area (Å²) in [4.78, 5) is 32.3. The predicted octanol–water partition coefficient (Wildman–Crippen LogP) is 2.55. The molecule has 3 aliphatic rings. The van der Waals surface area contributed by atoms with Crippen LogP contribution in [0.4, 0.5) is 0 Å². The summed E-state index contributed by atoms with van der Waals surface area (Å²) in [5.74, 6) is 1.51. The summed E-state index contributed by atoms with van der Waals surface area (Å²) in [6.45, 7) is 6.51. The number of sulfonamides is 1. The van der Waals surface area contributed by atoms with Crippen LogP contribution in [0.15, 0.2) is 28.1 Å². The predicted molar refractivity (Wildman–Crippen MR) is 145 cm³/mol. The van der Waals surface area contributed by atoms with Gasteiger partial charge in [0.15, 0.2) is 0 Å². The molecule has 1 spiro atoms. The molecule has 0 radical (unpaired) electrons. The van der Waals surface area contributed by atoms with Gasteiger partial charge >= 0.3 is 5.69 Å². The molecule has 206 valence electrons. The van der Waals surface area contributed by atoms with Crippen molar-refractivity contribution in [2.24, 2.45) is 16.8 Å². The van der Waals surface area contributed by atoms with Crippen LogP contribution in [0, 0.1) is 25.7 Å². The quantitative estimate of drug-likeness (QED) is 0.514. The zero-order valence-corrected chi connectivity index (χ0v) is 23.1. The first-order chi connectivity index (χ1) is 18.0. The number of carbonyl (C=O) groups is 1. The number of aryl methyl sites for hydroxylation is 3. The van der Waals surface area contributed by atoms with E-state index in [-0.39, 0.29) is 30.6 Å². The van der Waals surface area contributed by atoms with Crippen LogP contribution in [0.3, 0.4) is 0 Å². The first-order valence-electron chi connectivity index (χ1n) is 13.5. The van der Waals surface area contributed by atoms with E-state index in [2.05, 4.69) is 17.2 Å². The summed E-state index contributed by atoms with van der Waals surface area (Å²) in [6.07, 6.45) is 6.73. The van der Waals surface area contributed by atoms with Crippen LogP contribution in [-0.4, -0.2) is 63.5 Å². The number of amides is 1. The summed E-state index contributed by atoms with van der Waals surface area (Å²) >= 11 is 0. The fraction of sp³-hybridized carbons (Fsp3) is 0.593. The Hall–Kier alpha value is -2.92. The maximum atomic E-state index is 13.2. The van der Waals surface area contributed by atoms with Crippen LogP contribution >= 0.6 is 0 Å². The van der Waals surface area contributed by atoms with Gasteiger partial charge in [-0.25, -0.2) is 22.1 Å². The van der Waals surface area contributed by atoms with Gasteiger partial charge in [-0.15, -0.1) is 0 Å². The number of aliphatic imine (C=N–C) groups is 1. The Labute approximate surface area is 223 Å². The fourth-order valence-electron chi connectivity index (χ4n) is 6.07. The van der Waals surface area contributed by atoms with Crippen molar-refractivity contribution in [1.82, 2.24) is 19.2 Å². The van der Waals surface area contributed by atoms with Gasteiger partial charge in [-0.2, -0.15) is 0 Å². The standard InChI is InChI=1S/C27H37N5O5S/c1-17-4-6-20(7-5-17)24-29-25(34)27(30-24)9-11-31(12-10-27)38(36,37)13-8-21-14-19(3)22(15-18(21)2)32-23(33)16-28-26(32)35/h14-17,20,33H,4-13H2,1-3H3,(H,28,35)(H,29,30,34). The van der Waals surface area contributed by atoms with Gasteiger partial charge in [-0.3, -0.25) is 9.79 Å². The minimum absolute atomic E-state index is 0.0457. The van der Waals surface area contributed by atoms with Gasteiger partial charge in [-0.1, -0.05) is 25.8 Å². The summed E-state index contributed by atoms with van der Waals surface area (Å²) < 4.78 is 29.1. The van der Waals surface area contributed by atoms with Gasteiger partial charge < -0.3 is 15.4 Å². The number of aromatic hydroxyl groups is 1. The Morgan fingerprint density at radius 3 is 2.39 bits per heavy atom. The molecule has 2 aromatic rings. The molecule has 1 aromatic heterocycles. The van der Waals surface area contributed by atoms with Crippen LogP contribution in [-0.2, 0) is 21.2 Å². The lowest BCUT2D eigenvalue weighted by Gasteiger charge is -2.34. The summed E-state index contributed by atoms with van der Waals surface area (Å²) in [5.41, 5.74) is 1.74. The maximum absolute atomic E-state index is 13.2. The second-order valence-electron chi connectivity index (χ2n) is 11.3. The van der Waals surface area contributed by atoms with Crippen molar-refractivity contribution in [2.75, 3.05) is 18.8 Å². The van der Waals surface area contributed by atoms with Crippen molar-refractivity contribution in [3.8, 4) is 11.6 Å². The number of piperidine rings is 1. The highest BCUT2D eigenvalue weighted by molar-refractivity contribution is 7.89. The second kappa shape index (κ2) is 10.00. The summed E-state index contributed by atoms with van der Waals surface area (Å²) in [7, 11) is -3.53. The molecule has 0 unspecified atom stereocenters. The molecule has 5 rings (SSSR count). The summed E-state index contributed by atoms with van der Waals surface area (Å²) in [6, 6.07) is 3.66. The Kier molecular flexibility index (Phi) is 7.02. The Morgan fingerprint density at radius 2 is 1.76 bits per heavy atom. The van der Waals surface area contributed by atoms with Crippen LogP contribution in [0.1, 0.15) is 62.1 Å². The number of hydrogen-bond donors (Lipinski definition) is 3. The number of benzene rings is 1. The molecule has 3 heterocycles. The molecule has 1 saturated heterocycles. The normalized spacial score (nSPS) is 24.0. The number of nitrogens with one attached hydrogen (secondary N) is 2. The number of hydrogen-bond acceptors (Lipinski definition) is 6. The van der Waals surface area contributed by atoms with Crippen molar-refractivity contribution in [3.05, 3.63) is 45.5 Å². The van der Waals surface area contributed by atoms with E-state index in [9.17, 15) is 23.1 Å². The molecule has 3 N–H and O–H groups in total. The first-order valence-corrected chi connectivity index (χ1v) is 15.1. The molecule has 1 saturated carbocycles. The third-order valence-electron chi connectivity index (χ3n) is 8.63. The molecule has 0 atom stereocenters. The van der Waals surface area contributed by atoms with Gasteiger partial charge in [0.1, 0.15) is 11.4 Å². The minimum Gasteiger partial charge on any atom is -0.493 e. The fourth-order valence-corrected chi connectivity index (χ4v) is 7.55. The molecule has 1 aromatic carbocycles. The number of nitrogens with zero attached hydrogens (tertiary/aromatic N) is 3. The minimum atomic E-state index is -3.53. The van der Waals surface area contributed by atoms with Crippen molar-refractivity contribution in [2.45, 2.75) is 71.3 Å². The molecule has 10 nitrogen and oxygen atoms in total. The van der Waals surface area contributed by atoms with E-state index < -0.39 is 21.3 Å². The average Bonchev–Trinajstić information content (AvgIpc) is 3.38. The molecule has 38 heavy (non-hydrogen) atoms. The Balaban J connectivity index is 1.23. The molecular weight excluding hydrogens is 506 g/mol. The number of carbonyl (C=O) groups excluding carboxylic acids is 1. The lowest BCUT2D eigenvalue weighted by atomic mass is 9.82. The van der Waals surface area contributed by atoms with E-state index in [1.165, 1.54) is 15.1 Å². The van der Waals surface area contributed by atoms with Crippen molar-refractivity contribution < 1.29 is 18.3 Å². The lowest BCUT2D eigenvalue weighted by Crippen LogP contribution is -2.51. The van der Waals surface area contributed by atoms with Gasteiger partial charge in [0.25, 0.3) is 5.91 Å². The molecule has 2 fully saturated rings. The zero-order chi connectivity index (χ0) is 27.2. The average molecular weight is 544 g/mol. The van der Waals surface area contributed by atoms with Gasteiger partial charge in [0, 0.05) is 19.0 Å². The van der Waals surface area contributed by atoms with E-state index in [0.29, 0.717) is 36.8 Å². The van der Waals surface area contributed by atoms with Crippen molar-refractivity contribution in [3.63, 3.8) is 0 Å². The highest BCUT2D eigenvalue weighted by atomic mass is 32.2. The topological polar surface area (TPSA) is 137 Å². The zero-order valence-electron chi connectivity index (χ0n) is 22.3. The van der Waals surface area contributed by atoms with Crippen LogP contribution < -0.4 is 11.0 Å². The Bertz CT molecular complexity index is 1420. The number of aromatic nitrogens is 2. The third-order valence-corrected chi connectivity index (χ3v) is 10.5. The van der Waals surface area contributed by atoms with E-state index in [4.69, 9.17) is 4.99 Å². The molecule has 1 amide bonds. The number of H-pyrrole nitrogens is 1. The lowest BCUT2D eigenvalue weighted by molar-refractivity contribution is -0.125. The van der Waals surface area contributed by atoms with Crippen LogP contribution in [0.5, 0.6) is 5.88 Å². The second-order valence-corrected chi connectivity index (χ2v) is 13.3. The van der Waals surface area contributed by atoms with E-state index >= 15 is 0 Å². The smallest absolute Gasteiger partial charge is 0.333 e. The van der Waals surface area contributed by atoms with Gasteiger partial charge in [-0.05, 0) is 74.6 Å². The van der Waals surface area contributed by atoms with Crippen LogP contribution in [0.2, 0.25) is 0 Å². The molecule has 11 heteroatoms. The highest BCUT2D eigenvalue weighted by Gasteiger charge is 2.48. The van der Waals surface area contributed by atoms with Crippen molar-refractivity contribution >= 4 is 21.8 Å². The maximum Gasteiger partial charge on any atom is 0.333 e. The molecule has 1 aliphatic carbocycles.